The molecule has 8 nitrogen and oxygen atoms in total. The van der Waals surface area contributed by atoms with E-state index in [1.165, 1.54) is 28.3 Å². The fraction of sp³-hybridized carbons (Fsp3) is 0.435. The van der Waals surface area contributed by atoms with E-state index in [1.807, 2.05) is 31.2 Å². The van der Waals surface area contributed by atoms with Gasteiger partial charge in [-0.3, -0.25) is 14.6 Å². The number of aromatic nitrogens is 1. The molecule has 172 valence electrons. The van der Waals surface area contributed by atoms with Crippen molar-refractivity contribution in [3.8, 4) is 0 Å². The highest BCUT2D eigenvalue weighted by Crippen LogP contribution is 2.24. The fourth-order valence-electron chi connectivity index (χ4n) is 3.64. The van der Waals surface area contributed by atoms with Gasteiger partial charge in [-0.25, -0.2) is 8.42 Å². The smallest absolute Gasteiger partial charge is 0.309 e. The lowest BCUT2D eigenvalue weighted by Crippen LogP contribution is -2.41. The minimum absolute atomic E-state index is 0.135. The number of ether oxygens (including phenoxy) is 1. The Morgan fingerprint density at radius 3 is 2.47 bits per heavy atom. The number of esters is 1. The highest BCUT2D eigenvalue weighted by Gasteiger charge is 2.33. The summed E-state index contributed by atoms with van der Waals surface area (Å²) >= 11 is 0. The first kappa shape index (κ1) is 23.9. The summed E-state index contributed by atoms with van der Waals surface area (Å²) in [5.74, 6) is -1.28. The first-order valence-corrected chi connectivity index (χ1v) is 12.2. The zero-order chi connectivity index (χ0) is 23.1. The summed E-state index contributed by atoms with van der Waals surface area (Å²) in [6, 6.07) is 10.9. The molecule has 0 bridgehead atoms. The second-order valence-electron chi connectivity index (χ2n) is 7.86. The third-order valence-electron chi connectivity index (χ3n) is 5.67. The highest BCUT2D eigenvalue weighted by molar-refractivity contribution is 7.89. The quantitative estimate of drug-likeness (QED) is 0.608. The van der Waals surface area contributed by atoms with Gasteiger partial charge in [0.15, 0.2) is 6.61 Å². The van der Waals surface area contributed by atoms with Crippen LogP contribution in [0.3, 0.4) is 0 Å². The largest absolute Gasteiger partial charge is 0.455 e. The van der Waals surface area contributed by atoms with Gasteiger partial charge in [0.25, 0.3) is 5.91 Å². The average Bonchev–Trinajstić information content (AvgIpc) is 2.83. The topological polar surface area (TPSA) is 106 Å². The van der Waals surface area contributed by atoms with E-state index in [0.29, 0.717) is 12.8 Å². The number of piperidine rings is 1. The van der Waals surface area contributed by atoms with Crippen molar-refractivity contribution in [1.82, 2.24) is 14.6 Å². The van der Waals surface area contributed by atoms with Crippen molar-refractivity contribution in [2.24, 2.45) is 5.92 Å². The molecule has 1 N–H and O–H groups in total. The molecule has 0 aliphatic carbocycles. The second-order valence-corrected chi connectivity index (χ2v) is 9.80. The molecule has 1 aromatic heterocycles. The number of hydrogen-bond donors (Lipinski definition) is 1. The van der Waals surface area contributed by atoms with Gasteiger partial charge in [0.05, 0.1) is 12.0 Å². The summed E-state index contributed by atoms with van der Waals surface area (Å²) < 4.78 is 31.8. The molecule has 1 atom stereocenters. The highest BCUT2D eigenvalue weighted by atomic mass is 32.2. The lowest BCUT2D eigenvalue weighted by molar-refractivity contribution is -0.153. The summed E-state index contributed by atoms with van der Waals surface area (Å²) in [5, 5.41) is 2.83. The van der Waals surface area contributed by atoms with Crippen LogP contribution >= 0.6 is 0 Å². The summed E-state index contributed by atoms with van der Waals surface area (Å²) in [5.41, 5.74) is 2.20. The zero-order valence-electron chi connectivity index (χ0n) is 18.4. The first-order chi connectivity index (χ1) is 15.3. The van der Waals surface area contributed by atoms with E-state index in [2.05, 4.69) is 17.2 Å². The lowest BCUT2D eigenvalue weighted by atomic mass is 9.98. The Labute approximate surface area is 189 Å². The van der Waals surface area contributed by atoms with Gasteiger partial charge in [-0.05, 0) is 49.4 Å². The van der Waals surface area contributed by atoms with Crippen LogP contribution in [0.5, 0.6) is 0 Å². The van der Waals surface area contributed by atoms with Gasteiger partial charge >= 0.3 is 5.97 Å². The number of hydrogen-bond acceptors (Lipinski definition) is 6. The number of carbonyl (C=O) groups is 2. The first-order valence-electron chi connectivity index (χ1n) is 10.8. The Kier molecular flexibility index (Phi) is 7.98. The van der Waals surface area contributed by atoms with Gasteiger partial charge in [-0.15, -0.1) is 0 Å². The Morgan fingerprint density at radius 1 is 1.19 bits per heavy atom. The van der Waals surface area contributed by atoms with Crippen molar-refractivity contribution < 1.29 is 22.7 Å². The number of carbonyl (C=O) groups excluding carboxylic acids is 2. The standard InChI is InChI=1S/C23H29N3O5S/c1-3-18-6-8-19(9-7-18)17(2)25-22(27)16-31-23(28)20-10-13-26(14-11-20)32(29,30)21-5-4-12-24-15-21/h4-9,12,15,17,20H,3,10-11,13-14,16H2,1-2H3,(H,25,27). The summed E-state index contributed by atoms with van der Waals surface area (Å²) in [6.45, 7) is 4.03. The number of nitrogens with zero attached hydrogens (tertiary/aromatic N) is 2. The maximum Gasteiger partial charge on any atom is 0.309 e. The molecule has 3 rings (SSSR count). The molecule has 0 saturated carbocycles. The predicted molar refractivity (Wildman–Crippen MR) is 119 cm³/mol. The maximum absolute atomic E-state index is 12.7. The van der Waals surface area contributed by atoms with Gasteiger partial charge in [0.2, 0.25) is 10.0 Å². The van der Waals surface area contributed by atoms with E-state index in [-0.39, 0.29) is 36.5 Å². The second kappa shape index (κ2) is 10.7. The molecule has 1 aliphatic heterocycles. The number of amides is 1. The van der Waals surface area contributed by atoms with Gasteiger partial charge in [-0.1, -0.05) is 31.2 Å². The number of pyridine rings is 1. The van der Waals surface area contributed by atoms with E-state index in [9.17, 15) is 18.0 Å². The van der Waals surface area contributed by atoms with Crippen LogP contribution in [0, 0.1) is 5.92 Å². The van der Waals surface area contributed by atoms with E-state index in [1.54, 1.807) is 6.07 Å². The SMILES string of the molecule is CCc1ccc(C(C)NC(=O)COC(=O)C2CCN(S(=O)(=O)c3cccnc3)CC2)cc1. The van der Waals surface area contributed by atoms with Crippen molar-refractivity contribution in [2.45, 2.75) is 44.0 Å². The predicted octanol–water partition coefficient (Wildman–Crippen LogP) is 2.47. The van der Waals surface area contributed by atoms with Crippen LogP contribution in [0.25, 0.3) is 0 Å². The minimum atomic E-state index is -3.63. The van der Waals surface area contributed by atoms with Gasteiger partial charge in [-0.2, -0.15) is 4.31 Å². The number of benzene rings is 1. The third-order valence-corrected chi connectivity index (χ3v) is 7.55. The van der Waals surface area contributed by atoms with Gasteiger partial charge < -0.3 is 10.1 Å². The van der Waals surface area contributed by atoms with Crippen molar-refractivity contribution >= 4 is 21.9 Å². The molecule has 1 aliphatic rings. The average molecular weight is 460 g/mol. The number of nitrogens with one attached hydrogen (secondary N) is 1. The minimum Gasteiger partial charge on any atom is -0.455 e. The number of sulfonamides is 1. The molecule has 1 saturated heterocycles. The van der Waals surface area contributed by atoms with Crippen LogP contribution in [0.1, 0.15) is 43.9 Å². The van der Waals surface area contributed by atoms with Crippen molar-refractivity contribution in [2.75, 3.05) is 19.7 Å². The Hall–Kier alpha value is -2.78. The van der Waals surface area contributed by atoms with Gasteiger partial charge in [0, 0.05) is 25.5 Å². The molecule has 32 heavy (non-hydrogen) atoms. The van der Waals surface area contributed by atoms with Crippen molar-refractivity contribution in [3.05, 3.63) is 59.9 Å². The van der Waals surface area contributed by atoms with Crippen LogP contribution in [0.2, 0.25) is 0 Å². The van der Waals surface area contributed by atoms with E-state index >= 15 is 0 Å². The van der Waals surface area contributed by atoms with Crippen molar-refractivity contribution in [1.29, 1.82) is 0 Å². The lowest BCUT2D eigenvalue weighted by Gasteiger charge is -2.30. The number of aryl methyl sites for hydroxylation is 1. The molecule has 1 aromatic carbocycles. The van der Waals surface area contributed by atoms with Crippen molar-refractivity contribution in [3.63, 3.8) is 0 Å². The number of rotatable bonds is 8. The zero-order valence-corrected chi connectivity index (χ0v) is 19.2. The molecule has 9 heteroatoms. The summed E-state index contributed by atoms with van der Waals surface area (Å²) in [7, 11) is -3.63. The molecule has 2 heterocycles. The molecule has 1 amide bonds. The van der Waals surface area contributed by atoms with E-state index in [0.717, 1.165) is 12.0 Å². The van der Waals surface area contributed by atoms with Crippen LogP contribution in [0.4, 0.5) is 0 Å². The Bertz CT molecular complexity index is 1020. The molecule has 1 unspecified atom stereocenters. The van der Waals surface area contributed by atoms with Crippen LogP contribution in [-0.4, -0.2) is 49.3 Å². The molecule has 2 aromatic rings. The molecular weight excluding hydrogens is 430 g/mol. The fourth-order valence-corrected chi connectivity index (χ4v) is 5.08. The third kappa shape index (κ3) is 5.92. The van der Waals surface area contributed by atoms with E-state index < -0.39 is 21.9 Å². The van der Waals surface area contributed by atoms with Gasteiger partial charge in [0.1, 0.15) is 4.90 Å². The van der Waals surface area contributed by atoms with Crippen LogP contribution in [0.15, 0.2) is 53.7 Å². The maximum atomic E-state index is 12.7. The van der Waals surface area contributed by atoms with Crippen LogP contribution < -0.4 is 5.32 Å². The van der Waals surface area contributed by atoms with E-state index in [4.69, 9.17) is 4.74 Å². The Balaban J connectivity index is 1.44. The normalized spacial score (nSPS) is 16.3. The summed E-state index contributed by atoms with van der Waals surface area (Å²) in [4.78, 5) is 28.6. The monoisotopic (exact) mass is 459 g/mol. The molecule has 1 fully saturated rings. The summed E-state index contributed by atoms with van der Waals surface area (Å²) in [6.07, 6.45) is 4.47. The van der Waals surface area contributed by atoms with Crippen LogP contribution in [-0.2, 0) is 30.8 Å². The Morgan fingerprint density at radius 2 is 1.88 bits per heavy atom. The molecular formula is C23H29N3O5S. The molecule has 0 spiro atoms. The molecule has 0 radical (unpaired) electrons.